The fourth-order valence-corrected chi connectivity index (χ4v) is 3.45. The van der Waals surface area contributed by atoms with Crippen molar-refractivity contribution in [3.05, 3.63) is 54.1 Å². The average Bonchev–Trinajstić information content (AvgIpc) is 2.75. The topological polar surface area (TPSA) is 103 Å². The highest BCUT2D eigenvalue weighted by atomic mass is 32.2. The van der Waals surface area contributed by atoms with E-state index in [0.29, 0.717) is 11.3 Å². The van der Waals surface area contributed by atoms with Crippen molar-refractivity contribution in [3.63, 3.8) is 0 Å². The minimum Gasteiger partial charge on any atom is -0.497 e. The zero-order valence-corrected chi connectivity index (χ0v) is 17.6. The van der Waals surface area contributed by atoms with Gasteiger partial charge < -0.3 is 19.5 Å². The minimum absolute atomic E-state index is 0.0125. The van der Waals surface area contributed by atoms with Crippen LogP contribution in [0.3, 0.4) is 0 Å². The second-order valence-electron chi connectivity index (χ2n) is 5.99. The van der Waals surface area contributed by atoms with Crippen molar-refractivity contribution in [2.45, 2.75) is 11.5 Å². The van der Waals surface area contributed by atoms with Gasteiger partial charge in [0.15, 0.2) is 11.5 Å². The number of benzene rings is 2. The van der Waals surface area contributed by atoms with E-state index in [4.69, 9.17) is 9.47 Å². The number of nitrogens with one attached hydrogen (secondary N) is 2. The second kappa shape index (κ2) is 11.3. The van der Waals surface area contributed by atoms with Gasteiger partial charge in [-0.3, -0.25) is 4.79 Å². The molecule has 0 aromatic heterocycles. The molecule has 168 valence electrons. The first-order valence-corrected chi connectivity index (χ1v) is 10.5. The van der Waals surface area contributed by atoms with Crippen molar-refractivity contribution in [2.75, 3.05) is 27.3 Å². The Hall–Kier alpha value is -3.18. The SMILES string of the molecule is COc1ccc(S(=O)(=O)NCCNC(=O)/C=C/c2ccc(OC(F)F)c(OC)c2)cc1. The molecule has 0 aliphatic rings. The molecule has 2 aromatic rings. The molecule has 2 rings (SSSR count). The van der Waals surface area contributed by atoms with Gasteiger partial charge >= 0.3 is 6.61 Å². The molecule has 0 saturated heterocycles. The fourth-order valence-electron chi connectivity index (χ4n) is 2.42. The summed E-state index contributed by atoms with van der Waals surface area (Å²) in [7, 11) is -0.928. The average molecular weight is 456 g/mol. The standard InChI is InChI=1S/C20H22F2N2O6S/c1-28-15-5-7-16(8-6-15)31(26,27)24-12-11-23-19(25)10-4-14-3-9-17(30-20(21)22)18(13-14)29-2/h3-10,13,20,24H,11-12H2,1-2H3,(H,23,25)/b10-4+. The molecule has 31 heavy (non-hydrogen) atoms. The van der Waals surface area contributed by atoms with E-state index in [1.165, 1.54) is 68.8 Å². The number of carbonyl (C=O) groups is 1. The molecule has 0 unspecified atom stereocenters. The van der Waals surface area contributed by atoms with Crippen LogP contribution in [0.2, 0.25) is 0 Å². The van der Waals surface area contributed by atoms with Crippen LogP contribution in [-0.2, 0) is 14.8 Å². The molecule has 0 saturated carbocycles. The van der Waals surface area contributed by atoms with Crippen LogP contribution in [0.4, 0.5) is 8.78 Å². The third kappa shape index (κ3) is 7.54. The Morgan fingerprint density at radius 3 is 2.35 bits per heavy atom. The van der Waals surface area contributed by atoms with E-state index >= 15 is 0 Å². The number of ether oxygens (including phenoxy) is 3. The third-order valence-corrected chi connectivity index (χ3v) is 5.39. The molecule has 1 amide bonds. The van der Waals surface area contributed by atoms with Crippen LogP contribution in [-0.4, -0.2) is 48.2 Å². The first-order chi connectivity index (χ1) is 14.7. The van der Waals surface area contributed by atoms with E-state index in [9.17, 15) is 22.0 Å². The molecular weight excluding hydrogens is 434 g/mol. The predicted octanol–water partition coefficient (Wildman–Crippen LogP) is 2.41. The lowest BCUT2D eigenvalue weighted by Crippen LogP contribution is -2.34. The number of amides is 1. The van der Waals surface area contributed by atoms with E-state index in [2.05, 4.69) is 14.8 Å². The number of halogens is 2. The van der Waals surface area contributed by atoms with E-state index in [1.807, 2.05) is 0 Å². The summed E-state index contributed by atoms with van der Waals surface area (Å²) in [6.45, 7) is -2.94. The van der Waals surface area contributed by atoms with E-state index < -0.39 is 22.5 Å². The molecule has 0 fully saturated rings. The molecule has 0 aliphatic heterocycles. The molecule has 0 spiro atoms. The van der Waals surface area contributed by atoms with Crippen LogP contribution in [0.5, 0.6) is 17.2 Å². The number of methoxy groups -OCH3 is 2. The Labute approximate surface area is 178 Å². The van der Waals surface area contributed by atoms with Gasteiger partial charge in [0.25, 0.3) is 0 Å². The molecule has 0 aliphatic carbocycles. The number of sulfonamides is 1. The zero-order chi connectivity index (χ0) is 22.9. The summed E-state index contributed by atoms with van der Waals surface area (Å²) in [5.41, 5.74) is 0.522. The molecule has 0 radical (unpaired) electrons. The first-order valence-electron chi connectivity index (χ1n) is 8.97. The van der Waals surface area contributed by atoms with Gasteiger partial charge in [-0.25, -0.2) is 13.1 Å². The highest BCUT2D eigenvalue weighted by Crippen LogP contribution is 2.29. The minimum atomic E-state index is -3.71. The normalized spacial score (nSPS) is 11.5. The van der Waals surface area contributed by atoms with Crippen LogP contribution in [0.1, 0.15) is 5.56 Å². The van der Waals surface area contributed by atoms with Crippen molar-refractivity contribution < 1.29 is 36.2 Å². The lowest BCUT2D eigenvalue weighted by atomic mass is 10.2. The van der Waals surface area contributed by atoms with Crippen molar-refractivity contribution in [1.29, 1.82) is 0 Å². The Bertz CT molecular complexity index is 1010. The van der Waals surface area contributed by atoms with Crippen LogP contribution in [0.25, 0.3) is 6.08 Å². The van der Waals surface area contributed by atoms with Gasteiger partial charge in [0.2, 0.25) is 15.9 Å². The first kappa shape index (κ1) is 24.1. The highest BCUT2D eigenvalue weighted by molar-refractivity contribution is 7.89. The van der Waals surface area contributed by atoms with Crippen LogP contribution >= 0.6 is 0 Å². The Balaban J connectivity index is 1.84. The van der Waals surface area contributed by atoms with Gasteiger partial charge in [-0.05, 0) is 48.0 Å². The van der Waals surface area contributed by atoms with Gasteiger partial charge in [0, 0.05) is 19.2 Å². The van der Waals surface area contributed by atoms with Gasteiger partial charge in [0.1, 0.15) is 5.75 Å². The Morgan fingerprint density at radius 2 is 1.74 bits per heavy atom. The second-order valence-corrected chi connectivity index (χ2v) is 7.75. The van der Waals surface area contributed by atoms with Crippen LogP contribution in [0, 0.1) is 0 Å². The summed E-state index contributed by atoms with van der Waals surface area (Å²) >= 11 is 0. The molecule has 8 nitrogen and oxygen atoms in total. The third-order valence-electron chi connectivity index (χ3n) is 3.92. The van der Waals surface area contributed by atoms with Gasteiger partial charge in [0.05, 0.1) is 19.1 Å². The summed E-state index contributed by atoms with van der Waals surface area (Å²) in [6, 6.07) is 10.1. The monoisotopic (exact) mass is 456 g/mol. The maximum Gasteiger partial charge on any atom is 0.387 e. The van der Waals surface area contributed by atoms with Crippen molar-refractivity contribution in [3.8, 4) is 17.2 Å². The lowest BCUT2D eigenvalue weighted by Gasteiger charge is -2.10. The summed E-state index contributed by atoms with van der Waals surface area (Å²) in [5.74, 6) is 0.0429. The van der Waals surface area contributed by atoms with Crippen molar-refractivity contribution >= 4 is 22.0 Å². The van der Waals surface area contributed by atoms with Gasteiger partial charge in [-0.15, -0.1) is 0 Å². The smallest absolute Gasteiger partial charge is 0.387 e. The highest BCUT2D eigenvalue weighted by Gasteiger charge is 2.13. The molecule has 2 N–H and O–H groups in total. The largest absolute Gasteiger partial charge is 0.497 e. The Kier molecular flexibility index (Phi) is 8.76. The summed E-state index contributed by atoms with van der Waals surface area (Å²) < 4.78 is 65.8. The van der Waals surface area contributed by atoms with Gasteiger partial charge in [-0.2, -0.15) is 8.78 Å². The fraction of sp³-hybridized carbons (Fsp3) is 0.250. The number of alkyl halides is 2. The van der Waals surface area contributed by atoms with E-state index in [-0.39, 0.29) is 29.5 Å². The number of hydrogen-bond donors (Lipinski definition) is 2. The number of rotatable bonds is 11. The molecule has 2 aromatic carbocycles. The van der Waals surface area contributed by atoms with E-state index in [1.54, 1.807) is 0 Å². The molecular formula is C20H22F2N2O6S. The number of hydrogen-bond acceptors (Lipinski definition) is 6. The van der Waals surface area contributed by atoms with Crippen LogP contribution in [0.15, 0.2) is 53.4 Å². The number of carbonyl (C=O) groups excluding carboxylic acids is 1. The summed E-state index contributed by atoms with van der Waals surface area (Å²) in [5, 5.41) is 2.53. The maximum atomic E-state index is 12.3. The van der Waals surface area contributed by atoms with Gasteiger partial charge in [-0.1, -0.05) is 6.07 Å². The molecule has 11 heteroatoms. The summed E-state index contributed by atoms with van der Waals surface area (Å²) in [4.78, 5) is 12.0. The molecule has 0 bridgehead atoms. The molecule has 0 heterocycles. The van der Waals surface area contributed by atoms with Crippen molar-refractivity contribution in [1.82, 2.24) is 10.0 Å². The quantitative estimate of drug-likeness (QED) is 0.398. The lowest BCUT2D eigenvalue weighted by molar-refractivity contribution is -0.116. The predicted molar refractivity (Wildman–Crippen MR) is 110 cm³/mol. The zero-order valence-electron chi connectivity index (χ0n) is 16.8. The Morgan fingerprint density at radius 1 is 1.03 bits per heavy atom. The summed E-state index contributed by atoms with van der Waals surface area (Å²) in [6.07, 6.45) is 2.67. The van der Waals surface area contributed by atoms with E-state index in [0.717, 1.165) is 0 Å². The maximum absolute atomic E-state index is 12.3. The van der Waals surface area contributed by atoms with Crippen molar-refractivity contribution in [2.24, 2.45) is 0 Å². The molecule has 0 atom stereocenters. The van der Waals surface area contributed by atoms with Crippen LogP contribution < -0.4 is 24.2 Å².